The van der Waals surface area contributed by atoms with Crippen LogP contribution in [0.5, 0.6) is 0 Å². The van der Waals surface area contributed by atoms with Crippen molar-refractivity contribution in [1.82, 2.24) is 9.21 Å². The topological polar surface area (TPSA) is 77.9 Å². The van der Waals surface area contributed by atoms with Crippen LogP contribution in [0.2, 0.25) is 0 Å². The third-order valence-electron chi connectivity index (χ3n) is 4.58. The summed E-state index contributed by atoms with van der Waals surface area (Å²) in [5.74, 6) is -2.15. The Labute approximate surface area is 154 Å². The molecule has 1 saturated heterocycles. The van der Waals surface area contributed by atoms with Crippen LogP contribution in [0.4, 0.5) is 17.6 Å². The van der Waals surface area contributed by atoms with Crippen LogP contribution in [0.25, 0.3) is 0 Å². The van der Waals surface area contributed by atoms with E-state index in [1.54, 1.807) is 0 Å². The molecule has 0 radical (unpaired) electrons. The molecule has 0 spiro atoms. The highest BCUT2D eigenvalue weighted by Crippen LogP contribution is 2.33. The zero-order valence-corrected chi connectivity index (χ0v) is 15.7. The number of amides is 1. The van der Waals surface area contributed by atoms with Crippen LogP contribution in [0, 0.1) is 5.82 Å². The van der Waals surface area contributed by atoms with Gasteiger partial charge in [-0.3, -0.25) is 4.79 Å². The third-order valence-corrected chi connectivity index (χ3v) is 6.57. The Morgan fingerprint density at radius 3 is 2.11 bits per heavy atom. The summed E-state index contributed by atoms with van der Waals surface area (Å²) in [6.07, 6.45) is -5.16. The number of aliphatic hydroxyl groups is 1. The number of rotatable bonds is 3. The summed E-state index contributed by atoms with van der Waals surface area (Å²) < 4.78 is 78.4. The van der Waals surface area contributed by atoms with Crippen molar-refractivity contribution in [3.05, 3.63) is 30.1 Å². The molecule has 2 rings (SSSR count). The van der Waals surface area contributed by atoms with E-state index in [1.807, 2.05) is 0 Å². The molecule has 1 aromatic carbocycles. The van der Waals surface area contributed by atoms with Crippen molar-refractivity contribution >= 4 is 15.9 Å². The fraction of sp³-hybridized carbons (Fsp3) is 0.562. The molecule has 0 aliphatic carbocycles. The molecule has 0 bridgehead atoms. The fourth-order valence-electron chi connectivity index (χ4n) is 2.86. The number of hydrogen-bond donors (Lipinski definition) is 1. The Kier molecular flexibility index (Phi) is 5.61. The number of halogens is 4. The van der Waals surface area contributed by atoms with Gasteiger partial charge in [-0.2, -0.15) is 17.5 Å². The van der Waals surface area contributed by atoms with Gasteiger partial charge in [0, 0.05) is 25.2 Å². The van der Waals surface area contributed by atoms with Crippen molar-refractivity contribution < 1.29 is 35.9 Å². The van der Waals surface area contributed by atoms with E-state index >= 15 is 0 Å². The van der Waals surface area contributed by atoms with Gasteiger partial charge in [0.05, 0.1) is 4.90 Å². The first-order valence-electron chi connectivity index (χ1n) is 8.07. The van der Waals surface area contributed by atoms with Crippen LogP contribution in [0.1, 0.15) is 20.8 Å². The first kappa shape index (κ1) is 21.6. The van der Waals surface area contributed by atoms with Crippen LogP contribution in [-0.2, 0) is 14.8 Å². The molecule has 0 saturated carbocycles. The first-order valence-corrected chi connectivity index (χ1v) is 9.51. The second kappa shape index (κ2) is 7.02. The van der Waals surface area contributed by atoms with E-state index in [-0.39, 0.29) is 18.0 Å². The number of piperazine rings is 1. The molecule has 27 heavy (non-hydrogen) atoms. The van der Waals surface area contributed by atoms with E-state index in [0.717, 1.165) is 33.5 Å². The van der Waals surface area contributed by atoms with Gasteiger partial charge in [0.1, 0.15) is 5.82 Å². The highest BCUT2D eigenvalue weighted by Gasteiger charge is 2.58. The van der Waals surface area contributed by atoms with E-state index in [9.17, 15) is 35.9 Å². The molecule has 11 heteroatoms. The Morgan fingerprint density at radius 1 is 1.11 bits per heavy atom. The zero-order valence-electron chi connectivity index (χ0n) is 14.9. The molecule has 1 amide bonds. The minimum atomic E-state index is -5.16. The Balaban J connectivity index is 2.27. The summed E-state index contributed by atoms with van der Waals surface area (Å²) in [5, 5.41) is 9.62. The Hall–Kier alpha value is -1.72. The van der Waals surface area contributed by atoms with Crippen molar-refractivity contribution in [2.75, 3.05) is 13.1 Å². The monoisotopic (exact) mass is 412 g/mol. The molecule has 1 N–H and O–H groups in total. The first-order chi connectivity index (χ1) is 12.2. The van der Waals surface area contributed by atoms with Crippen molar-refractivity contribution in [1.29, 1.82) is 0 Å². The van der Waals surface area contributed by atoms with E-state index in [1.165, 1.54) is 13.8 Å². The lowest BCUT2D eigenvalue weighted by Crippen LogP contribution is -2.65. The molecule has 1 aliphatic heterocycles. The molecule has 1 aromatic rings. The molecule has 3 atom stereocenters. The average molecular weight is 412 g/mol. The van der Waals surface area contributed by atoms with Gasteiger partial charge in [-0.25, -0.2) is 12.8 Å². The lowest BCUT2D eigenvalue weighted by atomic mass is 10.0. The molecule has 152 valence electrons. The van der Waals surface area contributed by atoms with Gasteiger partial charge < -0.3 is 10.0 Å². The fourth-order valence-corrected chi connectivity index (χ4v) is 4.56. The average Bonchev–Trinajstić information content (AvgIpc) is 2.55. The normalized spacial score (nSPS) is 24.5. The van der Waals surface area contributed by atoms with Crippen LogP contribution in [-0.4, -0.2) is 65.6 Å². The number of benzene rings is 1. The molecular formula is C16H20F4N2O4S. The molecule has 1 fully saturated rings. The van der Waals surface area contributed by atoms with E-state index in [2.05, 4.69) is 0 Å². The minimum absolute atomic E-state index is 0.162. The summed E-state index contributed by atoms with van der Waals surface area (Å²) in [4.78, 5) is 12.9. The number of carbonyl (C=O) groups is 1. The summed E-state index contributed by atoms with van der Waals surface area (Å²) in [6.45, 7) is 2.61. The highest BCUT2D eigenvalue weighted by molar-refractivity contribution is 7.89. The van der Waals surface area contributed by atoms with Crippen LogP contribution in [0.15, 0.2) is 29.2 Å². The smallest absolute Gasteiger partial charge is 0.373 e. The maximum Gasteiger partial charge on any atom is 0.426 e. The Morgan fingerprint density at radius 2 is 1.63 bits per heavy atom. The lowest BCUT2D eigenvalue weighted by molar-refractivity contribution is -0.251. The number of sulfonamides is 1. The van der Waals surface area contributed by atoms with Crippen LogP contribution >= 0.6 is 0 Å². The van der Waals surface area contributed by atoms with Crippen LogP contribution < -0.4 is 0 Å². The van der Waals surface area contributed by atoms with E-state index in [4.69, 9.17) is 0 Å². The summed E-state index contributed by atoms with van der Waals surface area (Å²) >= 11 is 0. The van der Waals surface area contributed by atoms with Crippen molar-refractivity contribution in [2.24, 2.45) is 0 Å². The highest BCUT2D eigenvalue weighted by atomic mass is 32.2. The Bertz CT molecular complexity index is 809. The third kappa shape index (κ3) is 3.94. The van der Waals surface area contributed by atoms with Crippen LogP contribution in [0.3, 0.4) is 0 Å². The van der Waals surface area contributed by atoms with Gasteiger partial charge in [0.15, 0.2) is 0 Å². The maximum absolute atomic E-state index is 13.0. The minimum Gasteiger partial charge on any atom is -0.373 e. The number of hydrogen-bond acceptors (Lipinski definition) is 4. The number of alkyl halides is 3. The number of carbonyl (C=O) groups excluding carboxylic acids is 1. The SMILES string of the molecule is C[C@@H]1CN(C(=O)[C@@](C)(O)C(F)(F)F)[C@@H](C)CN1S(=O)(=O)c1ccc(F)cc1. The molecule has 0 unspecified atom stereocenters. The largest absolute Gasteiger partial charge is 0.426 e. The van der Waals surface area contributed by atoms with Gasteiger partial charge in [0.2, 0.25) is 15.6 Å². The van der Waals surface area contributed by atoms with Gasteiger partial charge in [-0.15, -0.1) is 0 Å². The van der Waals surface area contributed by atoms with Crippen molar-refractivity contribution in [3.8, 4) is 0 Å². The summed E-state index contributed by atoms with van der Waals surface area (Å²) in [6, 6.07) is 2.41. The zero-order chi connectivity index (χ0) is 20.8. The van der Waals surface area contributed by atoms with E-state index < -0.39 is 45.6 Å². The predicted octanol–water partition coefficient (Wildman–Crippen LogP) is 1.75. The molecule has 1 aliphatic rings. The molecule has 1 heterocycles. The summed E-state index contributed by atoms with van der Waals surface area (Å²) in [5.41, 5.74) is -3.57. The maximum atomic E-state index is 13.0. The molecule has 6 nitrogen and oxygen atoms in total. The lowest BCUT2D eigenvalue weighted by Gasteiger charge is -2.45. The van der Waals surface area contributed by atoms with Gasteiger partial charge in [0.25, 0.3) is 5.91 Å². The summed E-state index contributed by atoms with van der Waals surface area (Å²) in [7, 11) is -4.03. The quantitative estimate of drug-likeness (QED) is 0.768. The van der Waals surface area contributed by atoms with Gasteiger partial charge >= 0.3 is 6.18 Å². The molecule has 0 aromatic heterocycles. The van der Waals surface area contributed by atoms with Gasteiger partial charge in [-0.05, 0) is 45.0 Å². The van der Waals surface area contributed by atoms with Crippen molar-refractivity contribution in [2.45, 2.75) is 49.5 Å². The molecular weight excluding hydrogens is 392 g/mol. The standard InChI is InChI=1S/C16H20F4N2O4S/c1-10-9-22(27(25,26)13-6-4-12(17)5-7-13)11(2)8-21(10)14(23)15(3,24)16(18,19)20/h4-7,10-11,24H,8-9H2,1-3H3/t10-,11+,15+/m0/s1. The van der Waals surface area contributed by atoms with Gasteiger partial charge in [-0.1, -0.05) is 0 Å². The second-order valence-corrected chi connectivity index (χ2v) is 8.64. The predicted molar refractivity (Wildman–Crippen MR) is 87.6 cm³/mol. The van der Waals surface area contributed by atoms with Crippen molar-refractivity contribution in [3.63, 3.8) is 0 Å². The second-order valence-electron chi connectivity index (χ2n) is 6.75. The number of nitrogens with zero attached hydrogens (tertiary/aromatic N) is 2. The van der Waals surface area contributed by atoms with E-state index in [0.29, 0.717) is 6.92 Å².